The molecule has 0 amide bonds. The predicted octanol–water partition coefficient (Wildman–Crippen LogP) is 2.54. The van der Waals surface area contributed by atoms with Crippen molar-refractivity contribution in [1.82, 2.24) is 0 Å². The Labute approximate surface area is 91.9 Å². The monoisotopic (exact) mass is 211 g/mol. The molecule has 86 valence electrons. The van der Waals surface area contributed by atoms with Gasteiger partial charge in [-0.25, -0.2) is 4.99 Å². The average molecular weight is 211 g/mol. The molecular formula is C12H21NO2. The fourth-order valence-corrected chi connectivity index (χ4v) is 2.50. The molecule has 0 radical (unpaired) electrons. The van der Waals surface area contributed by atoms with Crippen molar-refractivity contribution in [2.75, 3.05) is 6.61 Å². The van der Waals surface area contributed by atoms with E-state index in [-0.39, 0.29) is 16.7 Å². The minimum Gasteiger partial charge on any atom is -0.476 e. The third kappa shape index (κ3) is 1.40. The molecule has 2 heterocycles. The largest absolute Gasteiger partial charge is 0.476 e. The van der Waals surface area contributed by atoms with Gasteiger partial charge in [0, 0.05) is 0 Å². The summed E-state index contributed by atoms with van der Waals surface area (Å²) in [5.74, 6) is 0.802. The highest BCUT2D eigenvalue weighted by molar-refractivity contribution is 5.91. The Morgan fingerprint density at radius 3 is 2.13 bits per heavy atom. The Kier molecular flexibility index (Phi) is 2.16. The van der Waals surface area contributed by atoms with E-state index < -0.39 is 0 Å². The molecule has 0 bridgehead atoms. The van der Waals surface area contributed by atoms with E-state index in [1.54, 1.807) is 0 Å². The summed E-state index contributed by atoms with van der Waals surface area (Å²) in [5.41, 5.74) is -0.395. The Balaban J connectivity index is 2.21. The Hall–Kier alpha value is -0.570. The first-order chi connectivity index (χ1) is 6.89. The van der Waals surface area contributed by atoms with Crippen LogP contribution in [0, 0.1) is 0 Å². The van der Waals surface area contributed by atoms with Crippen molar-refractivity contribution >= 4 is 5.90 Å². The first kappa shape index (κ1) is 10.9. The number of ether oxygens (including phenoxy) is 2. The highest BCUT2D eigenvalue weighted by Gasteiger charge is 2.69. The molecule has 3 heteroatoms. The molecule has 1 saturated heterocycles. The normalized spacial score (nSPS) is 35.9. The molecule has 2 rings (SSSR count). The molecule has 1 atom stereocenters. The van der Waals surface area contributed by atoms with E-state index in [0.29, 0.717) is 6.61 Å². The number of aliphatic imine (C=N–C) groups is 1. The van der Waals surface area contributed by atoms with Gasteiger partial charge >= 0.3 is 0 Å². The standard InChI is InChI=1S/C12H21NO2/c1-6-12(7-2)11(5,15-12)9-13-10(3,4)8-14-9/h6-8H2,1-5H3/t11-/m0/s1. The first-order valence-electron chi connectivity index (χ1n) is 5.82. The lowest BCUT2D eigenvalue weighted by atomic mass is 9.89. The predicted molar refractivity (Wildman–Crippen MR) is 60.3 cm³/mol. The van der Waals surface area contributed by atoms with Gasteiger partial charge in [-0.15, -0.1) is 0 Å². The molecule has 0 saturated carbocycles. The van der Waals surface area contributed by atoms with Gasteiger partial charge in [-0.05, 0) is 33.6 Å². The molecule has 1 fully saturated rings. The molecular weight excluding hydrogens is 190 g/mol. The molecule has 3 nitrogen and oxygen atoms in total. The van der Waals surface area contributed by atoms with Gasteiger partial charge in [0.25, 0.3) is 0 Å². The van der Waals surface area contributed by atoms with Crippen molar-refractivity contribution in [3.05, 3.63) is 0 Å². The summed E-state index contributed by atoms with van der Waals surface area (Å²) in [5, 5.41) is 0. The van der Waals surface area contributed by atoms with Gasteiger partial charge in [0.05, 0.1) is 5.54 Å². The molecule has 0 unspecified atom stereocenters. The summed E-state index contributed by atoms with van der Waals surface area (Å²) in [4.78, 5) is 4.61. The van der Waals surface area contributed by atoms with Crippen LogP contribution in [-0.2, 0) is 9.47 Å². The first-order valence-corrected chi connectivity index (χ1v) is 5.82. The zero-order valence-electron chi connectivity index (χ0n) is 10.4. The van der Waals surface area contributed by atoms with Gasteiger partial charge in [0.15, 0.2) is 5.60 Å². The summed E-state index contributed by atoms with van der Waals surface area (Å²) in [6, 6.07) is 0. The third-order valence-electron chi connectivity index (χ3n) is 3.74. The fourth-order valence-electron chi connectivity index (χ4n) is 2.50. The summed E-state index contributed by atoms with van der Waals surface area (Å²) in [7, 11) is 0. The van der Waals surface area contributed by atoms with Crippen LogP contribution in [0.2, 0.25) is 0 Å². The summed E-state index contributed by atoms with van der Waals surface area (Å²) < 4.78 is 11.6. The second-order valence-electron chi connectivity index (χ2n) is 5.35. The van der Waals surface area contributed by atoms with E-state index in [1.165, 1.54) is 0 Å². The van der Waals surface area contributed by atoms with Crippen LogP contribution >= 0.6 is 0 Å². The van der Waals surface area contributed by atoms with E-state index in [1.807, 2.05) is 0 Å². The van der Waals surface area contributed by atoms with Crippen molar-refractivity contribution in [3.8, 4) is 0 Å². The maximum Gasteiger partial charge on any atom is 0.220 e. The fraction of sp³-hybridized carbons (Fsp3) is 0.917. The van der Waals surface area contributed by atoms with Crippen LogP contribution < -0.4 is 0 Å². The summed E-state index contributed by atoms with van der Waals surface area (Å²) in [6.45, 7) is 11.3. The summed E-state index contributed by atoms with van der Waals surface area (Å²) in [6.07, 6.45) is 2.03. The van der Waals surface area contributed by atoms with E-state index in [9.17, 15) is 0 Å². The Morgan fingerprint density at radius 2 is 1.80 bits per heavy atom. The second kappa shape index (κ2) is 2.97. The number of hydrogen-bond acceptors (Lipinski definition) is 3. The number of epoxide rings is 1. The molecule has 0 aliphatic carbocycles. The smallest absolute Gasteiger partial charge is 0.220 e. The zero-order chi connectivity index (χ0) is 11.3. The van der Waals surface area contributed by atoms with Crippen LogP contribution in [-0.4, -0.2) is 29.2 Å². The molecule has 0 N–H and O–H groups in total. The van der Waals surface area contributed by atoms with Crippen LogP contribution in [0.25, 0.3) is 0 Å². The maximum atomic E-state index is 5.91. The Morgan fingerprint density at radius 1 is 1.20 bits per heavy atom. The van der Waals surface area contributed by atoms with E-state index in [2.05, 4.69) is 39.6 Å². The van der Waals surface area contributed by atoms with Crippen LogP contribution in [0.1, 0.15) is 47.5 Å². The van der Waals surface area contributed by atoms with Gasteiger partial charge in [-0.2, -0.15) is 0 Å². The molecule has 2 aliphatic rings. The molecule has 2 aliphatic heterocycles. The van der Waals surface area contributed by atoms with Gasteiger partial charge in [-0.1, -0.05) is 13.8 Å². The lowest BCUT2D eigenvalue weighted by Crippen LogP contribution is -2.31. The molecule has 0 aromatic rings. The quantitative estimate of drug-likeness (QED) is 0.672. The van der Waals surface area contributed by atoms with Crippen molar-refractivity contribution in [2.45, 2.75) is 64.2 Å². The highest BCUT2D eigenvalue weighted by atomic mass is 16.7. The van der Waals surface area contributed by atoms with Gasteiger partial charge in [-0.3, -0.25) is 0 Å². The topological polar surface area (TPSA) is 34.1 Å². The number of hydrogen-bond donors (Lipinski definition) is 0. The zero-order valence-corrected chi connectivity index (χ0v) is 10.4. The van der Waals surface area contributed by atoms with Crippen LogP contribution in [0.5, 0.6) is 0 Å². The van der Waals surface area contributed by atoms with Crippen molar-refractivity contribution in [2.24, 2.45) is 4.99 Å². The SMILES string of the molecule is CCC1(CC)O[C@@]1(C)C1=NC(C)(C)CO1. The third-order valence-corrected chi connectivity index (χ3v) is 3.74. The molecule has 0 aromatic carbocycles. The van der Waals surface area contributed by atoms with E-state index >= 15 is 0 Å². The van der Waals surface area contributed by atoms with Crippen LogP contribution in [0.15, 0.2) is 4.99 Å². The Bertz CT molecular complexity index is 305. The average Bonchev–Trinajstić information content (AvgIpc) is 2.64. The summed E-state index contributed by atoms with van der Waals surface area (Å²) >= 11 is 0. The van der Waals surface area contributed by atoms with E-state index in [4.69, 9.17) is 9.47 Å². The lowest BCUT2D eigenvalue weighted by molar-refractivity contribution is 0.243. The molecule has 0 spiro atoms. The van der Waals surface area contributed by atoms with Crippen molar-refractivity contribution in [1.29, 1.82) is 0 Å². The lowest BCUT2D eigenvalue weighted by Gasteiger charge is -2.12. The second-order valence-corrected chi connectivity index (χ2v) is 5.35. The minimum atomic E-state index is -0.274. The van der Waals surface area contributed by atoms with E-state index in [0.717, 1.165) is 18.7 Å². The van der Waals surface area contributed by atoms with Crippen molar-refractivity contribution < 1.29 is 9.47 Å². The minimum absolute atomic E-state index is 0.0355. The van der Waals surface area contributed by atoms with Gasteiger partial charge < -0.3 is 9.47 Å². The number of nitrogens with zero attached hydrogens (tertiary/aromatic N) is 1. The van der Waals surface area contributed by atoms with Crippen molar-refractivity contribution in [3.63, 3.8) is 0 Å². The molecule has 0 aromatic heterocycles. The maximum absolute atomic E-state index is 5.91. The van der Waals surface area contributed by atoms with Gasteiger partial charge in [0.1, 0.15) is 12.2 Å². The number of rotatable bonds is 3. The van der Waals surface area contributed by atoms with Crippen LogP contribution in [0.4, 0.5) is 0 Å². The van der Waals surface area contributed by atoms with Crippen LogP contribution in [0.3, 0.4) is 0 Å². The molecule has 15 heavy (non-hydrogen) atoms. The van der Waals surface area contributed by atoms with Gasteiger partial charge in [0.2, 0.25) is 5.90 Å². The highest BCUT2D eigenvalue weighted by Crippen LogP contribution is 2.54.